The molecule has 0 radical (unpaired) electrons. The lowest BCUT2D eigenvalue weighted by Crippen LogP contribution is -2.35. The van der Waals surface area contributed by atoms with Gasteiger partial charge in [-0.05, 0) is 19.8 Å². The van der Waals surface area contributed by atoms with Gasteiger partial charge in [0.15, 0.2) is 0 Å². The minimum atomic E-state index is 0.122. The van der Waals surface area contributed by atoms with Crippen LogP contribution in [0.15, 0.2) is 12.1 Å². The van der Waals surface area contributed by atoms with Crippen molar-refractivity contribution in [2.45, 2.75) is 84.2 Å². The van der Waals surface area contributed by atoms with Gasteiger partial charge < -0.3 is 28.7 Å². The predicted molar refractivity (Wildman–Crippen MR) is 145 cm³/mol. The molecule has 2 aliphatic heterocycles. The zero-order valence-electron chi connectivity index (χ0n) is 23.3. The number of hydrogen-bond donors (Lipinski definition) is 0. The number of amides is 2. The summed E-state index contributed by atoms with van der Waals surface area (Å²) < 4.78 is 23.0. The van der Waals surface area contributed by atoms with Gasteiger partial charge in [-0.3, -0.25) is 14.6 Å². The van der Waals surface area contributed by atoms with Crippen molar-refractivity contribution < 1.29 is 28.5 Å². The number of ether oxygens (including phenoxy) is 4. The molecule has 0 fully saturated rings. The van der Waals surface area contributed by atoms with Gasteiger partial charge in [0.1, 0.15) is 5.75 Å². The van der Waals surface area contributed by atoms with E-state index >= 15 is 0 Å². The summed E-state index contributed by atoms with van der Waals surface area (Å²) in [4.78, 5) is 35.0. The second-order valence-electron chi connectivity index (χ2n) is 10.0. The monoisotopic (exact) mass is 533 g/mol. The van der Waals surface area contributed by atoms with Crippen molar-refractivity contribution in [1.29, 1.82) is 0 Å². The van der Waals surface area contributed by atoms with Crippen LogP contribution in [0.3, 0.4) is 0 Å². The average Bonchev–Trinajstić information content (AvgIpc) is 2.90. The molecule has 0 saturated carbocycles. The van der Waals surface area contributed by atoms with Crippen LogP contribution in [0.4, 0.5) is 0 Å². The van der Waals surface area contributed by atoms with Crippen molar-refractivity contribution in [1.82, 2.24) is 14.8 Å². The van der Waals surface area contributed by atoms with Crippen molar-refractivity contribution in [3.05, 3.63) is 23.5 Å². The summed E-state index contributed by atoms with van der Waals surface area (Å²) in [7, 11) is 0. The minimum absolute atomic E-state index is 0.122. The van der Waals surface area contributed by atoms with E-state index in [0.29, 0.717) is 91.0 Å². The van der Waals surface area contributed by atoms with Crippen LogP contribution in [0.1, 0.15) is 82.5 Å². The van der Waals surface area contributed by atoms with Gasteiger partial charge in [0.2, 0.25) is 11.8 Å². The fourth-order valence-corrected chi connectivity index (χ4v) is 4.83. The van der Waals surface area contributed by atoms with Gasteiger partial charge in [-0.15, -0.1) is 0 Å². The first-order chi connectivity index (χ1) is 18.7. The van der Waals surface area contributed by atoms with Crippen LogP contribution < -0.4 is 4.74 Å². The molecule has 4 bridgehead atoms. The molecule has 0 saturated heterocycles. The molecule has 0 aliphatic carbocycles. The first-order valence-corrected chi connectivity index (χ1v) is 14.6. The molecule has 1 aromatic heterocycles. The second kappa shape index (κ2) is 18.1. The molecule has 0 unspecified atom stereocenters. The van der Waals surface area contributed by atoms with Crippen LogP contribution in [0, 0.1) is 0 Å². The molecular weight excluding hydrogens is 486 g/mol. The Morgan fingerprint density at radius 3 is 1.55 bits per heavy atom. The lowest BCUT2D eigenvalue weighted by molar-refractivity contribution is -0.133. The number of fused-ring (bicyclic) bond motifs is 2. The molecule has 3 heterocycles. The van der Waals surface area contributed by atoms with E-state index in [1.54, 1.807) is 0 Å². The Labute approximate surface area is 228 Å². The van der Waals surface area contributed by atoms with Gasteiger partial charge in [-0.2, -0.15) is 0 Å². The third-order valence-corrected chi connectivity index (χ3v) is 6.91. The van der Waals surface area contributed by atoms with E-state index in [1.807, 2.05) is 28.9 Å². The molecule has 0 aromatic carbocycles. The SMILES string of the molecule is CCOc1cc2nc(c1)CN1CCOCCOCCOCCN(C2)C(=O)CCCCCCCCCCC1=O. The first-order valence-electron chi connectivity index (χ1n) is 14.6. The molecule has 2 aliphatic rings. The zero-order valence-corrected chi connectivity index (χ0v) is 23.3. The number of aromatic nitrogens is 1. The molecule has 0 N–H and O–H groups in total. The summed E-state index contributed by atoms with van der Waals surface area (Å²) in [5, 5.41) is 0. The Kier molecular flexibility index (Phi) is 14.5. The number of carbonyl (C=O) groups excluding carboxylic acids is 2. The van der Waals surface area contributed by atoms with Crippen molar-refractivity contribution in [2.24, 2.45) is 0 Å². The van der Waals surface area contributed by atoms with Gasteiger partial charge in [0.25, 0.3) is 0 Å². The molecule has 1 aromatic rings. The van der Waals surface area contributed by atoms with Gasteiger partial charge in [-0.25, -0.2) is 0 Å². The quantitative estimate of drug-likeness (QED) is 0.565. The summed E-state index contributed by atoms with van der Waals surface area (Å²) in [5.74, 6) is 0.949. The largest absolute Gasteiger partial charge is 0.494 e. The predicted octanol–water partition coefficient (Wildman–Crippen LogP) is 4.12. The highest BCUT2D eigenvalue weighted by atomic mass is 16.5. The summed E-state index contributed by atoms with van der Waals surface area (Å²) >= 11 is 0. The Morgan fingerprint density at radius 1 is 0.684 bits per heavy atom. The summed E-state index contributed by atoms with van der Waals surface area (Å²) in [6.07, 6.45) is 9.63. The summed E-state index contributed by atoms with van der Waals surface area (Å²) in [6.45, 7) is 6.96. The van der Waals surface area contributed by atoms with Crippen molar-refractivity contribution in [2.75, 3.05) is 59.3 Å². The number of carbonyl (C=O) groups is 2. The third-order valence-electron chi connectivity index (χ3n) is 6.91. The molecule has 38 heavy (non-hydrogen) atoms. The number of pyridine rings is 1. The molecule has 9 nitrogen and oxygen atoms in total. The van der Waals surface area contributed by atoms with Gasteiger partial charge >= 0.3 is 0 Å². The zero-order chi connectivity index (χ0) is 26.8. The maximum absolute atomic E-state index is 13.2. The number of nitrogens with zero attached hydrogens (tertiary/aromatic N) is 3. The van der Waals surface area contributed by atoms with Crippen molar-refractivity contribution >= 4 is 11.8 Å². The molecule has 2 amide bonds. The normalized spacial score (nSPS) is 21.1. The van der Waals surface area contributed by atoms with Crippen LogP contribution in [0.2, 0.25) is 0 Å². The van der Waals surface area contributed by atoms with E-state index in [-0.39, 0.29) is 11.8 Å². The van der Waals surface area contributed by atoms with E-state index in [1.165, 1.54) is 12.8 Å². The molecule has 0 spiro atoms. The molecule has 3 rings (SSSR count). The molecule has 214 valence electrons. The fourth-order valence-electron chi connectivity index (χ4n) is 4.83. The fraction of sp³-hybridized carbons (Fsp3) is 0.759. The van der Waals surface area contributed by atoms with E-state index in [9.17, 15) is 9.59 Å². The highest BCUT2D eigenvalue weighted by Crippen LogP contribution is 2.20. The van der Waals surface area contributed by atoms with Gasteiger partial charge in [0, 0.05) is 38.1 Å². The van der Waals surface area contributed by atoms with E-state index in [2.05, 4.69) is 0 Å². The first kappa shape index (κ1) is 30.3. The third kappa shape index (κ3) is 11.7. The lowest BCUT2D eigenvalue weighted by atomic mass is 10.1. The molecule has 0 atom stereocenters. The highest BCUT2D eigenvalue weighted by Gasteiger charge is 2.19. The van der Waals surface area contributed by atoms with Crippen molar-refractivity contribution in [3.8, 4) is 5.75 Å². The Morgan fingerprint density at radius 2 is 1.11 bits per heavy atom. The van der Waals surface area contributed by atoms with Crippen LogP contribution in [0.5, 0.6) is 5.75 Å². The Balaban J connectivity index is 1.88. The smallest absolute Gasteiger partial charge is 0.222 e. The van der Waals surface area contributed by atoms with E-state index < -0.39 is 0 Å². The number of rotatable bonds is 2. The van der Waals surface area contributed by atoms with E-state index in [4.69, 9.17) is 23.9 Å². The maximum atomic E-state index is 13.2. The molecule has 9 heteroatoms. The Hall–Kier alpha value is -2.23. The minimum Gasteiger partial charge on any atom is -0.494 e. The number of hydrogen-bond acceptors (Lipinski definition) is 7. The maximum Gasteiger partial charge on any atom is 0.222 e. The summed E-state index contributed by atoms with van der Waals surface area (Å²) in [5.41, 5.74) is 1.51. The standard InChI is InChI=1S/C29H47N3O6/c1-2-38-27-21-25-23-31-13-15-35-17-19-37-20-18-36-16-14-32(24-26(22-27)30-25)29(34)12-10-8-6-4-3-5-7-9-11-28(31)33/h21-22H,2-20,23-24H2,1H3. The molecular formula is C29H47N3O6. The Bertz CT molecular complexity index is 776. The highest BCUT2D eigenvalue weighted by molar-refractivity contribution is 5.76. The van der Waals surface area contributed by atoms with Gasteiger partial charge in [-0.1, -0.05) is 38.5 Å². The summed E-state index contributed by atoms with van der Waals surface area (Å²) in [6, 6.07) is 3.80. The van der Waals surface area contributed by atoms with Crippen LogP contribution in [-0.4, -0.2) is 85.9 Å². The lowest BCUT2D eigenvalue weighted by Gasteiger charge is -2.25. The van der Waals surface area contributed by atoms with E-state index in [0.717, 1.165) is 49.9 Å². The average molecular weight is 534 g/mol. The van der Waals surface area contributed by atoms with Crippen LogP contribution in [0.25, 0.3) is 0 Å². The van der Waals surface area contributed by atoms with Crippen molar-refractivity contribution in [3.63, 3.8) is 0 Å². The second-order valence-corrected chi connectivity index (χ2v) is 10.0. The van der Waals surface area contributed by atoms with Crippen LogP contribution in [-0.2, 0) is 36.9 Å². The van der Waals surface area contributed by atoms with Crippen LogP contribution >= 0.6 is 0 Å². The van der Waals surface area contributed by atoms with Gasteiger partial charge in [0.05, 0.1) is 70.7 Å². The topological polar surface area (TPSA) is 90.4 Å².